The highest BCUT2D eigenvalue weighted by atomic mass is 16.3. The second kappa shape index (κ2) is 5.97. The first-order valence-corrected chi connectivity index (χ1v) is 6.47. The molecule has 0 aliphatic rings. The third kappa shape index (κ3) is 3.20. The molecule has 1 amide bonds. The summed E-state index contributed by atoms with van der Waals surface area (Å²) in [6.45, 7) is 7.96. The molecule has 4 nitrogen and oxygen atoms in total. The Kier molecular flexibility index (Phi) is 4.84. The van der Waals surface area contributed by atoms with E-state index < -0.39 is 5.60 Å². The molecule has 1 unspecified atom stereocenters. The molecule has 1 rings (SSSR count). The monoisotopic (exact) mass is 263 g/mol. The predicted molar refractivity (Wildman–Crippen MR) is 73.9 cm³/mol. The van der Waals surface area contributed by atoms with Crippen molar-refractivity contribution in [3.63, 3.8) is 0 Å². The van der Waals surface area contributed by atoms with Crippen LogP contribution in [0.15, 0.2) is 24.3 Å². The van der Waals surface area contributed by atoms with Crippen molar-refractivity contribution in [2.24, 2.45) is 0 Å². The van der Waals surface area contributed by atoms with Crippen LogP contribution < -0.4 is 0 Å². The number of benzene rings is 1. The van der Waals surface area contributed by atoms with Gasteiger partial charge in [0.15, 0.2) is 5.78 Å². The van der Waals surface area contributed by atoms with Gasteiger partial charge in [0.2, 0.25) is 0 Å². The van der Waals surface area contributed by atoms with E-state index in [2.05, 4.69) is 0 Å². The molecule has 0 aliphatic carbocycles. The van der Waals surface area contributed by atoms with E-state index in [1.54, 1.807) is 29.2 Å². The van der Waals surface area contributed by atoms with Gasteiger partial charge in [-0.3, -0.25) is 9.59 Å². The number of nitrogens with zero attached hydrogens (tertiary/aromatic N) is 1. The van der Waals surface area contributed by atoms with Crippen LogP contribution in [0.25, 0.3) is 0 Å². The van der Waals surface area contributed by atoms with E-state index in [-0.39, 0.29) is 11.7 Å². The molecule has 0 spiro atoms. The maximum absolute atomic E-state index is 12.1. The molecule has 0 radical (unpaired) electrons. The molecule has 1 N–H and O–H groups in total. The molecule has 0 bridgehead atoms. The number of carbonyl (C=O) groups is 2. The standard InChI is InChI=1S/C15H21NO3/c1-5-16(6-2)14(18)12-7-9-13(10-8-12)15(4,19)11(3)17/h7-10,19H,5-6H2,1-4H3. The number of rotatable bonds is 5. The number of carbonyl (C=O) groups excluding carboxylic acids is 2. The van der Waals surface area contributed by atoms with Gasteiger partial charge >= 0.3 is 0 Å². The van der Waals surface area contributed by atoms with Crippen molar-refractivity contribution < 1.29 is 14.7 Å². The fraction of sp³-hybridized carbons (Fsp3) is 0.467. The summed E-state index contributed by atoms with van der Waals surface area (Å²) in [6, 6.07) is 6.54. The lowest BCUT2D eigenvalue weighted by Crippen LogP contribution is -2.31. The Bertz CT molecular complexity index is 459. The van der Waals surface area contributed by atoms with Gasteiger partial charge in [0.05, 0.1) is 0 Å². The zero-order valence-electron chi connectivity index (χ0n) is 11.9. The van der Waals surface area contributed by atoms with Crippen LogP contribution in [-0.4, -0.2) is 34.8 Å². The number of hydrogen-bond donors (Lipinski definition) is 1. The Hall–Kier alpha value is -1.68. The van der Waals surface area contributed by atoms with Crippen LogP contribution in [0.5, 0.6) is 0 Å². The Labute approximate surface area is 114 Å². The van der Waals surface area contributed by atoms with Gasteiger partial charge in [0, 0.05) is 18.7 Å². The van der Waals surface area contributed by atoms with Gasteiger partial charge in [0.25, 0.3) is 5.91 Å². The van der Waals surface area contributed by atoms with Crippen molar-refractivity contribution in [3.05, 3.63) is 35.4 Å². The first kappa shape index (κ1) is 15.4. The first-order chi connectivity index (χ1) is 8.84. The normalized spacial score (nSPS) is 13.7. The molecule has 0 aromatic heterocycles. The van der Waals surface area contributed by atoms with Crippen LogP contribution >= 0.6 is 0 Å². The molecular formula is C15H21NO3. The maximum atomic E-state index is 12.1. The van der Waals surface area contributed by atoms with Crippen molar-refractivity contribution in [2.45, 2.75) is 33.3 Å². The summed E-state index contributed by atoms with van der Waals surface area (Å²) < 4.78 is 0. The highest BCUT2D eigenvalue weighted by Gasteiger charge is 2.28. The fourth-order valence-corrected chi connectivity index (χ4v) is 1.83. The lowest BCUT2D eigenvalue weighted by Gasteiger charge is -2.22. The van der Waals surface area contributed by atoms with E-state index in [1.165, 1.54) is 13.8 Å². The number of hydrogen-bond acceptors (Lipinski definition) is 3. The molecule has 104 valence electrons. The van der Waals surface area contributed by atoms with Crippen molar-refractivity contribution in [3.8, 4) is 0 Å². The van der Waals surface area contributed by atoms with Gasteiger partial charge in [-0.15, -0.1) is 0 Å². The molecule has 0 saturated heterocycles. The van der Waals surface area contributed by atoms with Crippen LogP contribution in [0.4, 0.5) is 0 Å². The predicted octanol–water partition coefficient (Wildman–Crippen LogP) is 1.97. The summed E-state index contributed by atoms with van der Waals surface area (Å²) in [5, 5.41) is 10.0. The molecule has 0 heterocycles. The van der Waals surface area contributed by atoms with Crippen molar-refractivity contribution in [2.75, 3.05) is 13.1 Å². The Balaban J connectivity index is 3.00. The zero-order valence-corrected chi connectivity index (χ0v) is 11.9. The molecule has 1 aromatic rings. The SMILES string of the molecule is CCN(CC)C(=O)c1ccc(C(C)(O)C(C)=O)cc1. The Morgan fingerprint density at radius 3 is 2.00 bits per heavy atom. The molecule has 1 aromatic carbocycles. The smallest absolute Gasteiger partial charge is 0.253 e. The second-order valence-corrected chi connectivity index (χ2v) is 4.68. The average molecular weight is 263 g/mol. The summed E-state index contributed by atoms with van der Waals surface area (Å²) >= 11 is 0. The Morgan fingerprint density at radius 2 is 1.63 bits per heavy atom. The van der Waals surface area contributed by atoms with Crippen LogP contribution in [0.1, 0.15) is 43.6 Å². The summed E-state index contributed by atoms with van der Waals surface area (Å²) in [7, 11) is 0. The van der Waals surface area contributed by atoms with E-state index in [0.717, 1.165) is 0 Å². The summed E-state index contributed by atoms with van der Waals surface area (Å²) in [4.78, 5) is 25.2. The molecular weight excluding hydrogens is 242 g/mol. The van der Waals surface area contributed by atoms with Crippen LogP contribution in [0.3, 0.4) is 0 Å². The number of aliphatic hydroxyl groups is 1. The highest BCUT2D eigenvalue weighted by Crippen LogP contribution is 2.22. The topological polar surface area (TPSA) is 57.6 Å². The lowest BCUT2D eigenvalue weighted by atomic mass is 9.91. The van der Waals surface area contributed by atoms with Crippen molar-refractivity contribution in [1.29, 1.82) is 0 Å². The summed E-state index contributed by atoms with van der Waals surface area (Å²) in [5.74, 6) is -0.366. The number of ketones is 1. The molecule has 19 heavy (non-hydrogen) atoms. The Morgan fingerprint density at radius 1 is 1.16 bits per heavy atom. The van der Waals surface area contributed by atoms with Gasteiger partial charge in [-0.25, -0.2) is 0 Å². The maximum Gasteiger partial charge on any atom is 0.253 e. The largest absolute Gasteiger partial charge is 0.378 e. The molecule has 1 atom stereocenters. The third-order valence-corrected chi connectivity index (χ3v) is 3.43. The van der Waals surface area contributed by atoms with Gasteiger partial charge < -0.3 is 10.0 Å². The first-order valence-electron chi connectivity index (χ1n) is 6.47. The zero-order chi connectivity index (χ0) is 14.6. The molecule has 0 saturated carbocycles. The van der Waals surface area contributed by atoms with E-state index in [1.807, 2.05) is 13.8 Å². The molecule has 0 aliphatic heterocycles. The molecule has 4 heteroatoms. The lowest BCUT2D eigenvalue weighted by molar-refractivity contribution is -0.134. The van der Waals surface area contributed by atoms with E-state index >= 15 is 0 Å². The fourth-order valence-electron chi connectivity index (χ4n) is 1.83. The summed E-state index contributed by atoms with van der Waals surface area (Å²) in [5.41, 5.74) is -0.445. The highest BCUT2D eigenvalue weighted by molar-refractivity contribution is 5.94. The van der Waals surface area contributed by atoms with Crippen LogP contribution in [0, 0.1) is 0 Å². The van der Waals surface area contributed by atoms with Gasteiger partial charge in [-0.2, -0.15) is 0 Å². The second-order valence-electron chi connectivity index (χ2n) is 4.68. The van der Waals surface area contributed by atoms with Gasteiger partial charge in [-0.05, 0) is 45.4 Å². The van der Waals surface area contributed by atoms with Gasteiger partial charge in [0.1, 0.15) is 5.60 Å². The third-order valence-electron chi connectivity index (χ3n) is 3.43. The quantitative estimate of drug-likeness (QED) is 0.883. The minimum atomic E-state index is -1.50. The van der Waals surface area contributed by atoms with E-state index in [0.29, 0.717) is 24.2 Å². The minimum absolute atomic E-state index is 0.0426. The average Bonchev–Trinajstić information content (AvgIpc) is 2.40. The van der Waals surface area contributed by atoms with Crippen LogP contribution in [-0.2, 0) is 10.4 Å². The number of amides is 1. The number of Topliss-reactive ketones (excluding diaryl/α,β-unsaturated/α-hetero) is 1. The van der Waals surface area contributed by atoms with Crippen LogP contribution in [0.2, 0.25) is 0 Å². The van der Waals surface area contributed by atoms with Crippen molar-refractivity contribution >= 4 is 11.7 Å². The molecule has 0 fully saturated rings. The van der Waals surface area contributed by atoms with Crippen molar-refractivity contribution in [1.82, 2.24) is 4.90 Å². The summed E-state index contributed by atoms with van der Waals surface area (Å²) in [6.07, 6.45) is 0. The van der Waals surface area contributed by atoms with E-state index in [9.17, 15) is 14.7 Å². The minimum Gasteiger partial charge on any atom is -0.378 e. The van der Waals surface area contributed by atoms with Gasteiger partial charge in [-0.1, -0.05) is 12.1 Å². The van der Waals surface area contributed by atoms with E-state index in [4.69, 9.17) is 0 Å².